The Kier molecular flexibility index (Phi) is 9.57. The van der Waals surface area contributed by atoms with Crippen LogP contribution in [-0.2, 0) is 13.1 Å². The van der Waals surface area contributed by atoms with Gasteiger partial charge in [0.15, 0.2) is 5.96 Å². The number of hydrogen-bond acceptors (Lipinski definition) is 3. The van der Waals surface area contributed by atoms with Gasteiger partial charge in [-0.15, -0.1) is 24.0 Å². The first-order valence-electron chi connectivity index (χ1n) is 9.14. The Balaban J connectivity index is 0.00000261. The molecule has 0 unspecified atom stereocenters. The highest BCUT2D eigenvalue weighted by Gasteiger charge is 2.20. The third-order valence-electron chi connectivity index (χ3n) is 4.66. The van der Waals surface area contributed by atoms with E-state index >= 15 is 0 Å². The van der Waals surface area contributed by atoms with Gasteiger partial charge in [0.1, 0.15) is 0 Å². The van der Waals surface area contributed by atoms with Crippen LogP contribution >= 0.6 is 39.9 Å². The summed E-state index contributed by atoms with van der Waals surface area (Å²) in [6, 6.07) is 11.0. The predicted molar refractivity (Wildman–Crippen MR) is 125 cm³/mol. The third kappa shape index (κ3) is 7.42. The summed E-state index contributed by atoms with van der Waals surface area (Å²) in [5.74, 6) is 0.878. The van der Waals surface area contributed by atoms with Crippen LogP contribution in [0.1, 0.15) is 18.4 Å². The van der Waals surface area contributed by atoms with E-state index in [2.05, 4.69) is 65.8 Å². The molecule has 148 valence electrons. The highest BCUT2D eigenvalue weighted by Crippen LogP contribution is 2.16. The van der Waals surface area contributed by atoms with E-state index in [1.165, 1.54) is 5.56 Å². The number of halogens is 2. The van der Waals surface area contributed by atoms with E-state index in [0.717, 1.165) is 56.0 Å². The number of nitrogens with one attached hydrogen (secondary N) is 2. The fraction of sp³-hybridized carbons (Fsp3) is 0.474. The quantitative estimate of drug-likeness (QED) is 0.332. The van der Waals surface area contributed by atoms with E-state index in [1.54, 1.807) is 6.20 Å². The van der Waals surface area contributed by atoms with E-state index in [-0.39, 0.29) is 24.0 Å². The molecule has 1 aliphatic rings. The fourth-order valence-corrected chi connectivity index (χ4v) is 3.46. The Hall–Kier alpha value is -1.13. The lowest BCUT2D eigenvalue weighted by Gasteiger charge is -2.33. The standard InChI is InChI=1S/C19H27BrN6.HI/c1-21-19(22-10-14-26-11-2-9-23-26)24-18-7-12-25(13-8-18)15-16-3-5-17(20)6-4-16;/h2-6,9,11,18H,7-8,10,12-15H2,1H3,(H2,21,22,24);1H. The van der Waals surface area contributed by atoms with Crippen molar-refractivity contribution in [3.05, 3.63) is 52.8 Å². The summed E-state index contributed by atoms with van der Waals surface area (Å²) in [5, 5.41) is 11.1. The monoisotopic (exact) mass is 546 g/mol. The van der Waals surface area contributed by atoms with E-state index in [9.17, 15) is 0 Å². The largest absolute Gasteiger partial charge is 0.355 e. The van der Waals surface area contributed by atoms with Crippen molar-refractivity contribution in [1.29, 1.82) is 0 Å². The SMILES string of the molecule is CN=C(NCCn1cccn1)NC1CCN(Cc2ccc(Br)cc2)CC1.I. The normalized spacial score (nSPS) is 16.0. The number of nitrogens with zero attached hydrogens (tertiary/aromatic N) is 4. The van der Waals surface area contributed by atoms with Crippen LogP contribution in [0.3, 0.4) is 0 Å². The number of benzene rings is 1. The van der Waals surface area contributed by atoms with Gasteiger partial charge < -0.3 is 10.6 Å². The molecular weight excluding hydrogens is 519 g/mol. The highest BCUT2D eigenvalue weighted by molar-refractivity contribution is 14.0. The van der Waals surface area contributed by atoms with Gasteiger partial charge in [-0.25, -0.2) is 0 Å². The molecule has 0 spiro atoms. The zero-order chi connectivity index (χ0) is 18.2. The molecular formula is C19H28BrIN6. The average Bonchev–Trinajstić information content (AvgIpc) is 3.18. The number of guanidine groups is 1. The van der Waals surface area contributed by atoms with Crippen molar-refractivity contribution in [1.82, 2.24) is 25.3 Å². The van der Waals surface area contributed by atoms with Crippen molar-refractivity contribution in [2.45, 2.75) is 32.0 Å². The molecule has 1 aliphatic heterocycles. The molecule has 8 heteroatoms. The zero-order valence-corrected chi connectivity index (χ0v) is 19.6. The van der Waals surface area contributed by atoms with Crippen LogP contribution in [0.5, 0.6) is 0 Å². The summed E-state index contributed by atoms with van der Waals surface area (Å²) in [6.45, 7) is 4.88. The second-order valence-electron chi connectivity index (χ2n) is 6.59. The molecule has 3 rings (SSSR count). The molecule has 0 bridgehead atoms. The van der Waals surface area contributed by atoms with Gasteiger partial charge in [0.25, 0.3) is 0 Å². The summed E-state index contributed by atoms with van der Waals surface area (Å²) in [4.78, 5) is 6.87. The lowest BCUT2D eigenvalue weighted by Crippen LogP contribution is -2.49. The topological polar surface area (TPSA) is 57.5 Å². The van der Waals surface area contributed by atoms with Crippen LogP contribution in [0.2, 0.25) is 0 Å². The molecule has 1 aromatic heterocycles. The third-order valence-corrected chi connectivity index (χ3v) is 5.19. The summed E-state index contributed by atoms with van der Waals surface area (Å²) in [7, 11) is 1.83. The Morgan fingerprint density at radius 2 is 2.00 bits per heavy atom. The first-order valence-corrected chi connectivity index (χ1v) is 9.93. The molecule has 0 radical (unpaired) electrons. The molecule has 6 nitrogen and oxygen atoms in total. The van der Waals surface area contributed by atoms with Crippen LogP contribution in [0.15, 0.2) is 52.2 Å². The van der Waals surface area contributed by atoms with E-state index < -0.39 is 0 Å². The minimum absolute atomic E-state index is 0. The number of hydrogen-bond donors (Lipinski definition) is 2. The molecule has 2 N–H and O–H groups in total. The second kappa shape index (κ2) is 11.7. The van der Waals surface area contributed by atoms with Gasteiger partial charge >= 0.3 is 0 Å². The minimum atomic E-state index is 0. The van der Waals surface area contributed by atoms with Gasteiger partial charge in [-0.05, 0) is 36.6 Å². The van der Waals surface area contributed by atoms with Crippen LogP contribution in [0.25, 0.3) is 0 Å². The number of aromatic nitrogens is 2. The highest BCUT2D eigenvalue weighted by atomic mass is 127. The Morgan fingerprint density at radius 3 is 2.63 bits per heavy atom. The molecule has 0 aliphatic carbocycles. The smallest absolute Gasteiger partial charge is 0.191 e. The lowest BCUT2D eigenvalue weighted by atomic mass is 10.0. The number of aliphatic imine (C=N–C) groups is 1. The van der Waals surface area contributed by atoms with Crippen molar-refractivity contribution in [2.24, 2.45) is 4.99 Å². The van der Waals surface area contributed by atoms with Gasteiger partial charge in [-0.3, -0.25) is 14.6 Å². The lowest BCUT2D eigenvalue weighted by molar-refractivity contribution is 0.198. The van der Waals surface area contributed by atoms with Gasteiger partial charge in [0, 0.05) is 56.1 Å². The molecule has 2 heterocycles. The summed E-state index contributed by atoms with van der Waals surface area (Å²) < 4.78 is 3.05. The van der Waals surface area contributed by atoms with Crippen LogP contribution in [0.4, 0.5) is 0 Å². The molecule has 2 aromatic rings. The Bertz CT molecular complexity index is 681. The number of piperidine rings is 1. The van der Waals surface area contributed by atoms with Crippen molar-refractivity contribution in [3.8, 4) is 0 Å². The Morgan fingerprint density at radius 1 is 1.26 bits per heavy atom. The maximum atomic E-state index is 4.34. The maximum Gasteiger partial charge on any atom is 0.191 e. The molecule has 0 atom stereocenters. The average molecular weight is 547 g/mol. The van der Waals surface area contributed by atoms with E-state index in [4.69, 9.17) is 0 Å². The molecule has 0 amide bonds. The van der Waals surface area contributed by atoms with Gasteiger partial charge in [-0.1, -0.05) is 28.1 Å². The van der Waals surface area contributed by atoms with Crippen LogP contribution in [0, 0.1) is 0 Å². The maximum absolute atomic E-state index is 4.34. The van der Waals surface area contributed by atoms with Crippen LogP contribution < -0.4 is 10.6 Å². The number of likely N-dealkylation sites (tertiary alicyclic amines) is 1. The Labute approximate surface area is 187 Å². The van der Waals surface area contributed by atoms with E-state index in [0.29, 0.717) is 6.04 Å². The van der Waals surface area contributed by atoms with Crippen molar-refractivity contribution in [2.75, 3.05) is 26.7 Å². The molecule has 1 saturated heterocycles. The summed E-state index contributed by atoms with van der Waals surface area (Å²) >= 11 is 3.49. The minimum Gasteiger partial charge on any atom is -0.355 e. The molecule has 0 saturated carbocycles. The van der Waals surface area contributed by atoms with E-state index in [1.807, 2.05) is 24.0 Å². The molecule has 1 fully saturated rings. The summed E-state index contributed by atoms with van der Waals surface area (Å²) in [5.41, 5.74) is 1.37. The summed E-state index contributed by atoms with van der Waals surface area (Å²) in [6.07, 6.45) is 6.04. The predicted octanol–water partition coefficient (Wildman–Crippen LogP) is 3.09. The van der Waals surface area contributed by atoms with Crippen molar-refractivity contribution >= 4 is 45.9 Å². The van der Waals surface area contributed by atoms with Crippen molar-refractivity contribution in [3.63, 3.8) is 0 Å². The number of rotatable bonds is 6. The van der Waals surface area contributed by atoms with Gasteiger partial charge in [0.05, 0.1) is 6.54 Å². The van der Waals surface area contributed by atoms with Crippen molar-refractivity contribution < 1.29 is 0 Å². The van der Waals surface area contributed by atoms with Gasteiger partial charge in [0.2, 0.25) is 0 Å². The molecule has 27 heavy (non-hydrogen) atoms. The van der Waals surface area contributed by atoms with Crippen LogP contribution in [-0.4, -0.2) is 53.4 Å². The zero-order valence-electron chi connectivity index (χ0n) is 15.6. The first-order chi connectivity index (χ1) is 12.7. The first kappa shape index (κ1) is 22.2. The van der Waals surface area contributed by atoms with Gasteiger partial charge in [-0.2, -0.15) is 5.10 Å². The fourth-order valence-electron chi connectivity index (χ4n) is 3.19. The second-order valence-corrected chi connectivity index (χ2v) is 7.51. The molecule has 1 aromatic carbocycles.